The molecule has 0 amide bonds. The van der Waals surface area contributed by atoms with E-state index in [9.17, 15) is 4.79 Å². The van der Waals surface area contributed by atoms with Crippen LogP contribution in [-0.4, -0.2) is 41.4 Å². The van der Waals surface area contributed by atoms with E-state index in [0.717, 1.165) is 25.9 Å². The van der Waals surface area contributed by atoms with Gasteiger partial charge in [0.1, 0.15) is 5.69 Å². The summed E-state index contributed by atoms with van der Waals surface area (Å²) < 4.78 is 7.33. The Balaban J connectivity index is 1.69. The molecule has 17 heavy (non-hydrogen) atoms. The van der Waals surface area contributed by atoms with E-state index in [2.05, 4.69) is 10.4 Å². The van der Waals surface area contributed by atoms with E-state index in [-0.39, 0.29) is 5.78 Å². The van der Waals surface area contributed by atoms with Gasteiger partial charge in [-0.3, -0.25) is 9.48 Å². The van der Waals surface area contributed by atoms with Crippen LogP contribution in [0.25, 0.3) is 0 Å². The molecular formula is C12H19N3O2. The van der Waals surface area contributed by atoms with Crippen LogP contribution in [0.3, 0.4) is 0 Å². The van der Waals surface area contributed by atoms with E-state index in [0.29, 0.717) is 24.8 Å². The number of carbonyl (C=O) groups is 1. The van der Waals surface area contributed by atoms with E-state index in [4.69, 9.17) is 4.74 Å². The summed E-state index contributed by atoms with van der Waals surface area (Å²) >= 11 is 0. The van der Waals surface area contributed by atoms with Crippen LogP contribution in [0.5, 0.6) is 0 Å². The Hall–Kier alpha value is -1.20. The summed E-state index contributed by atoms with van der Waals surface area (Å²) in [6.45, 7) is 2.53. The third-order valence-corrected chi connectivity index (χ3v) is 2.97. The first kappa shape index (κ1) is 12.3. The fourth-order valence-electron chi connectivity index (χ4n) is 1.97. The van der Waals surface area contributed by atoms with E-state index < -0.39 is 0 Å². The lowest BCUT2D eigenvalue weighted by Crippen LogP contribution is -2.32. The van der Waals surface area contributed by atoms with E-state index in [1.54, 1.807) is 16.9 Å². The van der Waals surface area contributed by atoms with Crippen molar-refractivity contribution < 1.29 is 9.53 Å². The van der Waals surface area contributed by atoms with Crippen molar-refractivity contribution in [3.8, 4) is 0 Å². The molecule has 1 aliphatic heterocycles. The number of piperidine rings is 1. The zero-order valence-electron chi connectivity index (χ0n) is 10.2. The highest BCUT2D eigenvalue weighted by Gasteiger charge is 2.14. The minimum Gasteiger partial charge on any atom is -0.378 e. The predicted octanol–water partition coefficient (Wildman–Crippen LogP) is 0.761. The Morgan fingerprint density at radius 3 is 3.00 bits per heavy atom. The lowest BCUT2D eigenvalue weighted by Gasteiger charge is -2.22. The molecular weight excluding hydrogens is 218 g/mol. The molecule has 0 unspecified atom stereocenters. The Morgan fingerprint density at radius 2 is 2.35 bits per heavy atom. The fourth-order valence-corrected chi connectivity index (χ4v) is 1.97. The summed E-state index contributed by atoms with van der Waals surface area (Å²) in [6, 6.07) is 1.74. The van der Waals surface area contributed by atoms with Crippen molar-refractivity contribution in [2.75, 3.05) is 19.7 Å². The second kappa shape index (κ2) is 5.93. The molecule has 0 aromatic carbocycles. The number of ketones is 1. The van der Waals surface area contributed by atoms with Gasteiger partial charge in [-0.25, -0.2) is 0 Å². The van der Waals surface area contributed by atoms with Crippen LogP contribution in [-0.2, 0) is 11.8 Å². The molecule has 0 spiro atoms. The predicted molar refractivity (Wildman–Crippen MR) is 64.0 cm³/mol. The molecule has 2 rings (SSSR count). The number of aryl methyl sites for hydroxylation is 1. The van der Waals surface area contributed by atoms with Gasteiger partial charge in [0.15, 0.2) is 5.78 Å². The third kappa shape index (κ3) is 3.64. The van der Waals surface area contributed by atoms with Crippen molar-refractivity contribution >= 4 is 5.78 Å². The van der Waals surface area contributed by atoms with Crippen LogP contribution >= 0.6 is 0 Å². The van der Waals surface area contributed by atoms with Crippen LogP contribution in [0.1, 0.15) is 29.8 Å². The van der Waals surface area contributed by atoms with Crippen LogP contribution in [0, 0.1) is 0 Å². The maximum absolute atomic E-state index is 11.7. The molecule has 2 heterocycles. The van der Waals surface area contributed by atoms with Crippen LogP contribution in [0.15, 0.2) is 12.3 Å². The molecule has 1 aliphatic rings. The van der Waals surface area contributed by atoms with Gasteiger partial charge in [0.05, 0.1) is 12.7 Å². The van der Waals surface area contributed by atoms with Gasteiger partial charge in [-0.1, -0.05) is 0 Å². The van der Waals surface area contributed by atoms with Gasteiger partial charge >= 0.3 is 0 Å². The van der Waals surface area contributed by atoms with Gasteiger partial charge in [-0.15, -0.1) is 0 Å². The molecule has 0 atom stereocenters. The number of nitrogens with zero attached hydrogens (tertiary/aromatic N) is 2. The Kier molecular flexibility index (Phi) is 4.28. The van der Waals surface area contributed by atoms with Crippen LogP contribution in [0.2, 0.25) is 0 Å². The fraction of sp³-hybridized carbons (Fsp3) is 0.667. The maximum Gasteiger partial charge on any atom is 0.185 e. The quantitative estimate of drug-likeness (QED) is 0.768. The Labute approximate surface area is 101 Å². The second-order valence-corrected chi connectivity index (χ2v) is 4.37. The number of rotatable bonds is 5. The van der Waals surface area contributed by atoms with E-state index in [1.165, 1.54) is 0 Å². The molecule has 1 N–H and O–H groups in total. The van der Waals surface area contributed by atoms with E-state index in [1.807, 2.05) is 7.05 Å². The molecule has 5 heteroatoms. The molecule has 1 aromatic rings. The summed E-state index contributed by atoms with van der Waals surface area (Å²) in [6.07, 6.45) is 4.59. The van der Waals surface area contributed by atoms with Crippen molar-refractivity contribution in [1.82, 2.24) is 15.1 Å². The third-order valence-electron chi connectivity index (χ3n) is 2.97. The molecule has 0 saturated carbocycles. The molecule has 1 saturated heterocycles. The average molecular weight is 237 g/mol. The minimum atomic E-state index is 0.0551. The first-order chi connectivity index (χ1) is 8.25. The number of hydrogen-bond donors (Lipinski definition) is 1. The lowest BCUT2D eigenvalue weighted by molar-refractivity contribution is 0.0312. The average Bonchev–Trinajstić information content (AvgIpc) is 2.77. The summed E-state index contributed by atoms with van der Waals surface area (Å²) in [5.74, 6) is 0.0551. The molecule has 1 aromatic heterocycles. The smallest absolute Gasteiger partial charge is 0.185 e. The van der Waals surface area contributed by atoms with Gasteiger partial charge in [-0.05, 0) is 32.0 Å². The highest BCUT2D eigenvalue weighted by atomic mass is 16.5. The summed E-state index contributed by atoms with van der Waals surface area (Å²) in [7, 11) is 1.81. The Morgan fingerprint density at radius 1 is 1.59 bits per heavy atom. The van der Waals surface area contributed by atoms with Gasteiger partial charge in [0, 0.05) is 19.7 Å². The number of carbonyl (C=O) groups excluding carboxylic acids is 1. The van der Waals surface area contributed by atoms with Crippen molar-refractivity contribution in [2.45, 2.75) is 25.4 Å². The number of aromatic nitrogens is 2. The van der Waals surface area contributed by atoms with Gasteiger partial charge < -0.3 is 10.1 Å². The zero-order valence-corrected chi connectivity index (χ0v) is 10.2. The molecule has 0 radical (unpaired) electrons. The number of nitrogens with one attached hydrogen (secondary N) is 1. The largest absolute Gasteiger partial charge is 0.378 e. The minimum absolute atomic E-state index is 0.0551. The highest BCUT2D eigenvalue weighted by Crippen LogP contribution is 2.08. The maximum atomic E-state index is 11.7. The first-order valence-electron chi connectivity index (χ1n) is 6.11. The molecule has 0 aliphatic carbocycles. The van der Waals surface area contributed by atoms with Crippen molar-refractivity contribution in [2.24, 2.45) is 7.05 Å². The van der Waals surface area contributed by atoms with Gasteiger partial charge in [-0.2, -0.15) is 5.10 Å². The summed E-state index contributed by atoms with van der Waals surface area (Å²) in [4.78, 5) is 11.7. The van der Waals surface area contributed by atoms with Crippen molar-refractivity contribution in [3.05, 3.63) is 18.0 Å². The van der Waals surface area contributed by atoms with Gasteiger partial charge in [0.25, 0.3) is 0 Å². The summed E-state index contributed by atoms with van der Waals surface area (Å²) in [5, 5.41) is 7.36. The second-order valence-electron chi connectivity index (χ2n) is 4.37. The summed E-state index contributed by atoms with van der Waals surface area (Å²) in [5.41, 5.74) is 0.529. The molecule has 0 bridgehead atoms. The Bertz CT molecular complexity index is 370. The standard InChI is InChI=1S/C12H19N3O2/c1-15-8-4-11(14-15)12(16)5-9-17-10-2-6-13-7-3-10/h4,8,10,13H,2-3,5-7,9H2,1H3. The van der Waals surface area contributed by atoms with Crippen molar-refractivity contribution in [1.29, 1.82) is 0 Å². The van der Waals surface area contributed by atoms with Crippen LogP contribution in [0.4, 0.5) is 0 Å². The number of Topliss-reactive ketones (excluding diaryl/α,β-unsaturated/α-hetero) is 1. The highest BCUT2D eigenvalue weighted by molar-refractivity contribution is 5.94. The number of hydrogen-bond acceptors (Lipinski definition) is 4. The normalized spacial score (nSPS) is 17.2. The van der Waals surface area contributed by atoms with Crippen LogP contribution < -0.4 is 5.32 Å². The van der Waals surface area contributed by atoms with Crippen molar-refractivity contribution in [3.63, 3.8) is 0 Å². The molecule has 5 nitrogen and oxygen atoms in total. The first-order valence-corrected chi connectivity index (χ1v) is 6.11. The topological polar surface area (TPSA) is 56.1 Å². The number of ether oxygens (including phenoxy) is 1. The van der Waals surface area contributed by atoms with Gasteiger partial charge in [0.2, 0.25) is 0 Å². The monoisotopic (exact) mass is 237 g/mol. The lowest BCUT2D eigenvalue weighted by atomic mass is 10.1. The molecule has 1 fully saturated rings. The zero-order chi connectivity index (χ0) is 12.1. The molecule has 94 valence electrons. The SMILES string of the molecule is Cn1ccc(C(=O)CCOC2CCNCC2)n1. The van der Waals surface area contributed by atoms with E-state index >= 15 is 0 Å².